The van der Waals surface area contributed by atoms with E-state index in [1.165, 1.54) is 51.3 Å². The second-order valence-electron chi connectivity index (χ2n) is 7.51. The molecule has 29 heavy (non-hydrogen) atoms. The van der Waals surface area contributed by atoms with E-state index in [0.717, 1.165) is 32.0 Å². The lowest BCUT2D eigenvalue weighted by Gasteiger charge is -2.34. The summed E-state index contributed by atoms with van der Waals surface area (Å²) in [7, 11) is 0. The van der Waals surface area contributed by atoms with Crippen molar-refractivity contribution in [2.24, 2.45) is 4.99 Å². The quantitative estimate of drug-likeness (QED) is 0.335. The van der Waals surface area contributed by atoms with Crippen LogP contribution in [-0.4, -0.2) is 80.8 Å². The third-order valence-corrected chi connectivity index (χ3v) is 5.11. The summed E-state index contributed by atoms with van der Waals surface area (Å²) < 4.78 is 18.8. The van der Waals surface area contributed by atoms with Gasteiger partial charge in [-0.1, -0.05) is 6.92 Å². The van der Waals surface area contributed by atoms with E-state index in [9.17, 15) is 4.39 Å². The Labute approximate surface area is 175 Å². The molecule has 2 rings (SSSR count). The van der Waals surface area contributed by atoms with Crippen LogP contribution in [0.3, 0.4) is 0 Å². The van der Waals surface area contributed by atoms with Gasteiger partial charge in [0, 0.05) is 39.3 Å². The molecule has 1 saturated heterocycles. The first kappa shape index (κ1) is 23.4. The molecule has 1 aliphatic rings. The first-order chi connectivity index (χ1) is 14.1. The number of nitrogens with zero attached hydrogens (tertiary/aromatic N) is 3. The van der Waals surface area contributed by atoms with Crippen molar-refractivity contribution in [1.82, 2.24) is 20.4 Å². The fraction of sp³-hybridized carbons (Fsp3) is 0.682. The predicted molar refractivity (Wildman–Crippen MR) is 118 cm³/mol. The molecule has 2 N–H and O–H groups in total. The lowest BCUT2D eigenvalue weighted by molar-refractivity contribution is 0.136. The van der Waals surface area contributed by atoms with E-state index in [2.05, 4.69) is 39.3 Å². The fourth-order valence-electron chi connectivity index (χ4n) is 3.34. The Morgan fingerprint density at radius 1 is 1.07 bits per heavy atom. The minimum absolute atomic E-state index is 0.0855. The van der Waals surface area contributed by atoms with Gasteiger partial charge in [-0.3, -0.25) is 0 Å². The zero-order chi connectivity index (χ0) is 20.9. The summed E-state index contributed by atoms with van der Waals surface area (Å²) in [6, 6.07) is 6.09. The minimum Gasteiger partial charge on any atom is -0.489 e. The van der Waals surface area contributed by atoms with Crippen molar-refractivity contribution in [3.8, 4) is 5.75 Å². The van der Waals surface area contributed by atoms with Crippen molar-refractivity contribution in [3.63, 3.8) is 0 Å². The standard InChI is InChI=1S/C22H38FN5O/c1-4-24-22(26-18-19(3)29-21-10-8-20(23)9-11-21)25-12-6-7-13-28-16-14-27(5-2)15-17-28/h8-11,19H,4-7,12-18H2,1-3H3,(H2,24,25,26). The van der Waals surface area contributed by atoms with Crippen molar-refractivity contribution in [2.45, 2.75) is 39.7 Å². The first-order valence-electron chi connectivity index (χ1n) is 11.0. The molecule has 6 nitrogen and oxygen atoms in total. The van der Waals surface area contributed by atoms with E-state index in [1.54, 1.807) is 12.1 Å². The average Bonchev–Trinajstić information content (AvgIpc) is 2.74. The topological polar surface area (TPSA) is 52.1 Å². The lowest BCUT2D eigenvalue weighted by Crippen LogP contribution is -2.46. The Morgan fingerprint density at radius 3 is 2.41 bits per heavy atom. The number of halogens is 1. The second kappa shape index (κ2) is 13.4. The third kappa shape index (κ3) is 9.45. The number of hydrogen-bond donors (Lipinski definition) is 2. The van der Waals surface area contributed by atoms with Gasteiger partial charge in [-0.25, -0.2) is 9.38 Å². The highest BCUT2D eigenvalue weighted by atomic mass is 19.1. The van der Waals surface area contributed by atoms with Crippen LogP contribution in [0.15, 0.2) is 29.3 Å². The van der Waals surface area contributed by atoms with Gasteiger partial charge < -0.3 is 25.2 Å². The summed E-state index contributed by atoms with van der Waals surface area (Å²) in [6.07, 6.45) is 2.24. The SMILES string of the molecule is CCNC(=NCC(C)Oc1ccc(F)cc1)NCCCCN1CCN(CC)CC1. The van der Waals surface area contributed by atoms with E-state index < -0.39 is 0 Å². The molecule has 1 unspecified atom stereocenters. The molecule has 0 aliphatic carbocycles. The average molecular weight is 408 g/mol. The summed E-state index contributed by atoms with van der Waals surface area (Å²) in [5.74, 6) is 1.22. The first-order valence-corrected chi connectivity index (χ1v) is 11.0. The van der Waals surface area contributed by atoms with E-state index >= 15 is 0 Å². The summed E-state index contributed by atoms with van der Waals surface area (Å²) in [4.78, 5) is 9.69. The minimum atomic E-state index is -0.259. The molecule has 164 valence electrons. The van der Waals surface area contributed by atoms with E-state index in [-0.39, 0.29) is 11.9 Å². The van der Waals surface area contributed by atoms with Crippen LogP contribution in [-0.2, 0) is 0 Å². The second-order valence-corrected chi connectivity index (χ2v) is 7.51. The van der Waals surface area contributed by atoms with Crippen molar-refractivity contribution >= 4 is 5.96 Å². The van der Waals surface area contributed by atoms with Gasteiger partial charge >= 0.3 is 0 Å². The monoisotopic (exact) mass is 407 g/mol. The summed E-state index contributed by atoms with van der Waals surface area (Å²) >= 11 is 0. The molecular formula is C22H38FN5O. The maximum Gasteiger partial charge on any atom is 0.191 e. The lowest BCUT2D eigenvalue weighted by atomic mass is 10.2. The van der Waals surface area contributed by atoms with E-state index in [4.69, 9.17) is 4.74 Å². The van der Waals surface area contributed by atoms with Crippen molar-refractivity contribution in [3.05, 3.63) is 30.1 Å². The van der Waals surface area contributed by atoms with Crippen LogP contribution in [0.2, 0.25) is 0 Å². The molecule has 7 heteroatoms. The van der Waals surface area contributed by atoms with E-state index in [0.29, 0.717) is 12.3 Å². The van der Waals surface area contributed by atoms with Crippen LogP contribution in [0, 0.1) is 5.82 Å². The maximum atomic E-state index is 13.0. The predicted octanol–water partition coefficient (Wildman–Crippen LogP) is 2.57. The highest BCUT2D eigenvalue weighted by Gasteiger charge is 2.14. The largest absolute Gasteiger partial charge is 0.489 e. The molecule has 0 radical (unpaired) electrons. The number of guanidine groups is 1. The summed E-state index contributed by atoms with van der Waals surface area (Å²) in [5.41, 5.74) is 0. The molecule has 1 aliphatic heterocycles. The van der Waals surface area contributed by atoms with Gasteiger partial charge in [-0.05, 0) is 64.0 Å². The van der Waals surface area contributed by atoms with Gasteiger partial charge in [0.25, 0.3) is 0 Å². The smallest absolute Gasteiger partial charge is 0.191 e. The molecule has 1 aromatic rings. The van der Waals surface area contributed by atoms with Gasteiger partial charge in [0.05, 0.1) is 6.54 Å². The summed E-state index contributed by atoms with van der Waals surface area (Å²) in [5, 5.41) is 6.69. The van der Waals surface area contributed by atoms with Crippen LogP contribution >= 0.6 is 0 Å². The summed E-state index contributed by atoms with van der Waals surface area (Å²) in [6.45, 7) is 15.7. The number of benzene rings is 1. The normalized spacial score (nSPS) is 17.2. The van der Waals surface area contributed by atoms with E-state index in [1.807, 2.05) is 6.92 Å². The van der Waals surface area contributed by atoms with Crippen molar-refractivity contribution < 1.29 is 9.13 Å². The van der Waals surface area contributed by atoms with Gasteiger partial charge in [0.1, 0.15) is 17.7 Å². The Bertz CT molecular complexity index is 587. The van der Waals surface area contributed by atoms with Gasteiger partial charge in [-0.15, -0.1) is 0 Å². The third-order valence-electron chi connectivity index (χ3n) is 5.11. The molecule has 1 fully saturated rings. The molecule has 0 aromatic heterocycles. The molecule has 0 bridgehead atoms. The van der Waals surface area contributed by atoms with Crippen LogP contribution in [0.4, 0.5) is 4.39 Å². The van der Waals surface area contributed by atoms with Crippen LogP contribution in [0.5, 0.6) is 5.75 Å². The van der Waals surface area contributed by atoms with Gasteiger partial charge in [-0.2, -0.15) is 0 Å². The number of aliphatic imine (C=N–C) groups is 1. The van der Waals surface area contributed by atoms with Crippen LogP contribution in [0.1, 0.15) is 33.6 Å². The molecule has 0 amide bonds. The molecule has 1 heterocycles. The molecule has 0 saturated carbocycles. The molecule has 1 aromatic carbocycles. The molecular weight excluding hydrogens is 369 g/mol. The number of unbranched alkanes of at least 4 members (excludes halogenated alkanes) is 1. The Morgan fingerprint density at radius 2 is 1.76 bits per heavy atom. The fourth-order valence-corrected chi connectivity index (χ4v) is 3.34. The number of hydrogen-bond acceptors (Lipinski definition) is 4. The zero-order valence-electron chi connectivity index (χ0n) is 18.3. The van der Waals surface area contributed by atoms with Crippen LogP contribution < -0.4 is 15.4 Å². The highest BCUT2D eigenvalue weighted by molar-refractivity contribution is 5.79. The Hall–Kier alpha value is -1.86. The zero-order valence-corrected chi connectivity index (χ0v) is 18.3. The van der Waals surface area contributed by atoms with Gasteiger partial charge in [0.15, 0.2) is 5.96 Å². The maximum absolute atomic E-state index is 13.0. The van der Waals surface area contributed by atoms with Gasteiger partial charge in [0.2, 0.25) is 0 Å². The number of nitrogens with one attached hydrogen (secondary N) is 2. The molecule has 1 atom stereocenters. The Kier molecular flexibility index (Phi) is 10.8. The number of rotatable bonds is 11. The number of ether oxygens (including phenoxy) is 1. The Balaban J connectivity index is 1.63. The number of likely N-dealkylation sites (N-methyl/N-ethyl adjacent to an activating group) is 1. The van der Waals surface area contributed by atoms with Crippen molar-refractivity contribution in [2.75, 3.05) is 58.9 Å². The van der Waals surface area contributed by atoms with Crippen molar-refractivity contribution in [1.29, 1.82) is 0 Å². The number of piperazine rings is 1. The highest BCUT2D eigenvalue weighted by Crippen LogP contribution is 2.13. The van der Waals surface area contributed by atoms with Crippen LogP contribution in [0.25, 0.3) is 0 Å². The molecule has 0 spiro atoms.